The van der Waals surface area contributed by atoms with Crippen LogP contribution in [0, 0.1) is 11.3 Å². The van der Waals surface area contributed by atoms with Gasteiger partial charge in [-0.05, 0) is 48.8 Å². The number of hydrogen-bond acceptors (Lipinski definition) is 3. The number of carbonyl (C=O) groups is 2. The van der Waals surface area contributed by atoms with Crippen molar-refractivity contribution in [1.29, 1.82) is 0 Å². The maximum absolute atomic E-state index is 13.5. The second-order valence-corrected chi connectivity index (χ2v) is 9.02. The van der Waals surface area contributed by atoms with Gasteiger partial charge in [-0.2, -0.15) is 0 Å². The number of hydrogen-bond donors (Lipinski definition) is 1. The minimum absolute atomic E-state index is 0. The normalized spacial score (nSPS) is 24.0. The molecule has 1 N–H and O–H groups in total. The van der Waals surface area contributed by atoms with Crippen LogP contribution in [0.2, 0.25) is 0 Å². The number of likely N-dealkylation sites (tertiary alicyclic amines) is 1. The molecular weight excluding hydrogens is 386 g/mol. The maximum Gasteiger partial charge on any atom is 0.245 e. The van der Waals surface area contributed by atoms with Crippen LogP contribution in [-0.2, 0) is 22.6 Å². The molecule has 0 aliphatic carbocycles. The SMILES string of the molecule is CCC(C)C(=O)N1Cc2ccccc2CC1C(=O)N1CCC2(CCNC2)CC1.Cl. The summed E-state index contributed by atoms with van der Waals surface area (Å²) in [6.45, 7) is 8.40. The van der Waals surface area contributed by atoms with Crippen LogP contribution in [0.1, 0.15) is 50.7 Å². The highest BCUT2D eigenvalue weighted by atomic mass is 35.5. The van der Waals surface area contributed by atoms with Crippen LogP contribution in [0.4, 0.5) is 0 Å². The first-order chi connectivity index (χ1) is 13.5. The van der Waals surface area contributed by atoms with E-state index in [1.54, 1.807) is 0 Å². The second-order valence-electron chi connectivity index (χ2n) is 9.02. The summed E-state index contributed by atoms with van der Waals surface area (Å²) < 4.78 is 0. The third-order valence-electron chi connectivity index (χ3n) is 7.32. The fourth-order valence-corrected chi connectivity index (χ4v) is 5.07. The minimum atomic E-state index is -0.354. The summed E-state index contributed by atoms with van der Waals surface area (Å²) in [5.74, 6) is 0.213. The fourth-order valence-electron chi connectivity index (χ4n) is 5.07. The summed E-state index contributed by atoms with van der Waals surface area (Å²) in [5, 5.41) is 3.49. The van der Waals surface area contributed by atoms with Gasteiger partial charge in [-0.3, -0.25) is 9.59 Å². The van der Waals surface area contributed by atoms with Gasteiger partial charge >= 0.3 is 0 Å². The van der Waals surface area contributed by atoms with Crippen molar-refractivity contribution in [2.45, 2.75) is 58.5 Å². The van der Waals surface area contributed by atoms with Crippen LogP contribution in [0.5, 0.6) is 0 Å². The third-order valence-corrected chi connectivity index (χ3v) is 7.32. The Bertz CT molecular complexity index is 737. The predicted octanol–water partition coefficient (Wildman–Crippen LogP) is 3.01. The first kappa shape index (κ1) is 22.1. The highest BCUT2D eigenvalue weighted by molar-refractivity contribution is 5.89. The van der Waals surface area contributed by atoms with Crippen LogP contribution in [0.15, 0.2) is 24.3 Å². The molecular formula is C23H34ClN3O2. The van der Waals surface area contributed by atoms with Crippen LogP contribution in [-0.4, -0.2) is 53.8 Å². The first-order valence-electron chi connectivity index (χ1n) is 10.9. The molecule has 0 radical (unpaired) electrons. The smallest absolute Gasteiger partial charge is 0.245 e. The van der Waals surface area contributed by atoms with Crippen molar-refractivity contribution in [3.05, 3.63) is 35.4 Å². The van der Waals surface area contributed by atoms with E-state index in [0.29, 0.717) is 18.4 Å². The molecule has 160 valence electrons. The van der Waals surface area contributed by atoms with E-state index in [1.807, 2.05) is 35.8 Å². The van der Waals surface area contributed by atoms with E-state index in [1.165, 1.54) is 17.5 Å². The van der Waals surface area contributed by atoms with Gasteiger partial charge in [-0.1, -0.05) is 38.1 Å². The summed E-state index contributed by atoms with van der Waals surface area (Å²) in [6.07, 6.45) is 4.82. The number of fused-ring (bicyclic) bond motifs is 1. The molecule has 3 aliphatic heterocycles. The average molecular weight is 420 g/mol. The quantitative estimate of drug-likeness (QED) is 0.819. The van der Waals surface area contributed by atoms with Gasteiger partial charge in [0.05, 0.1) is 0 Å². The Labute approximate surface area is 180 Å². The lowest BCUT2D eigenvalue weighted by Gasteiger charge is -2.43. The molecule has 2 amide bonds. The fraction of sp³-hybridized carbons (Fsp3) is 0.652. The van der Waals surface area contributed by atoms with E-state index in [-0.39, 0.29) is 36.2 Å². The van der Waals surface area contributed by atoms with Gasteiger partial charge in [0.2, 0.25) is 11.8 Å². The predicted molar refractivity (Wildman–Crippen MR) is 117 cm³/mol. The lowest BCUT2D eigenvalue weighted by atomic mass is 9.77. The van der Waals surface area contributed by atoms with Gasteiger partial charge in [0.15, 0.2) is 0 Å². The van der Waals surface area contributed by atoms with Gasteiger partial charge < -0.3 is 15.1 Å². The summed E-state index contributed by atoms with van der Waals surface area (Å²) in [4.78, 5) is 30.5. The van der Waals surface area contributed by atoms with E-state index in [0.717, 1.165) is 45.4 Å². The molecule has 1 spiro atoms. The zero-order valence-corrected chi connectivity index (χ0v) is 18.5. The van der Waals surface area contributed by atoms with E-state index in [4.69, 9.17) is 0 Å². The third kappa shape index (κ3) is 4.31. The summed E-state index contributed by atoms with van der Waals surface area (Å²) in [6, 6.07) is 7.89. The molecule has 2 unspecified atom stereocenters. The van der Waals surface area contributed by atoms with Crippen molar-refractivity contribution in [3.63, 3.8) is 0 Å². The highest BCUT2D eigenvalue weighted by Gasteiger charge is 2.42. The summed E-state index contributed by atoms with van der Waals surface area (Å²) >= 11 is 0. The Morgan fingerprint density at radius 1 is 1.17 bits per heavy atom. The second kappa shape index (κ2) is 9.05. The highest BCUT2D eigenvalue weighted by Crippen LogP contribution is 2.37. The minimum Gasteiger partial charge on any atom is -0.341 e. The number of carbonyl (C=O) groups excluding carboxylic acids is 2. The largest absolute Gasteiger partial charge is 0.341 e. The average Bonchev–Trinajstić information content (AvgIpc) is 3.19. The number of rotatable bonds is 3. The molecule has 0 saturated carbocycles. The number of nitrogens with one attached hydrogen (secondary N) is 1. The van der Waals surface area contributed by atoms with Crippen LogP contribution < -0.4 is 5.32 Å². The summed E-state index contributed by atoms with van der Waals surface area (Å²) in [5.41, 5.74) is 2.78. The van der Waals surface area contributed by atoms with Gasteiger partial charge in [0, 0.05) is 38.5 Å². The number of halogens is 1. The standard InChI is InChI=1S/C23H33N3O2.ClH/c1-3-17(2)21(27)26-15-19-7-5-4-6-18(19)14-20(26)22(28)25-12-9-23(10-13-25)8-11-24-16-23;/h4-7,17,20,24H,3,8-16H2,1-2H3;1H. The molecule has 29 heavy (non-hydrogen) atoms. The van der Waals surface area contributed by atoms with Crippen molar-refractivity contribution in [2.24, 2.45) is 11.3 Å². The lowest BCUT2D eigenvalue weighted by Crippen LogP contribution is -2.56. The molecule has 2 saturated heterocycles. The Morgan fingerprint density at radius 3 is 2.48 bits per heavy atom. The molecule has 5 nitrogen and oxygen atoms in total. The molecule has 0 aromatic heterocycles. The molecule has 0 bridgehead atoms. The van der Waals surface area contributed by atoms with Crippen molar-refractivity contribution in [3.8, 4) is 0 Å². The first-order valence-corrected chi connectivity index (χ1v) is 10.9. The molecule has 4 rings (SSSR count). The molecule has 2 fully saturated rings. The molecule has 6 heteroatoms. The van der Waals surface area contributed by atoms with Gasteiger partial charge in [-0.15, -0.1) is 12.4 Å². The van der Waals surface area contributed by atoms with E-state index in [2.05, 4.69) is 17.4 Å². The maximum atomic E-state index is 13.5. The molecule has 3 heterocycles. The van der Waals surface area contributed by atoms with E-state index in [9.17, 15) is 9.59 Å². The number of nitrogens with zero attached hydrogens (tertiary/aromatic N) is 2. The van der Waals surface area contributed by atoms with Gasteiger partial charge in [-0.25, -0.2) is 0 Å². The lowest BCUT2D eigenvalue weighted by molar-refractivity contribution is -0.150. The molecule has 3 aliphatic rings. The monoisotopic (exact) mass is 419 g/mol. The Morgan fingerprint density at radius 2 is 1.86 bits per heavy atom. The Kier molecular flexibility index (Phi) is 6.90. The van der Waals surface area contributed by atoms with Crippen molar-refractivity contribution in [2.75, 3.05) is 26.2 Å². The van der Waals surface area contributed by atoms with E-state index < -0.39 is 0 Å². The van der Waals surface area contributed by atoms with Crippen molar-refractivity contribution < 1.29 is 9.59 Å². The van der Waals surface area contributed by atoms with Crippen molar-refractivity contribution >= 4 is 24.2 Å². The van der Waals surface area contributed by atoms with Crippen LogP contribution >= 0.6 is 12.4 Å². The van der Waals surface area contributed by atoms with Gasteiger partial charge in [0.1, 0.15) is 6.04 Å². The molecule has 1 aromatic carbocycles. The zero-order chi connectivity index (χ0) is 19.7. The number of amides is 2. The van der Waals surface area contributed by atoms with Crippen LogP contribution in [0.25, 0.3) is 0 Å². The van der Waals surface area contributed by atoms with Crippen LogP contribution in [0.3, 0.4) is 0 Å². The molecule has 1 aromatic rings. The topological polar surface area (TPSA) is 52.7 Å². The zero-order valence-electron chi connectivity index (χ0n) is 17.7. The Hall–Kier alpha value is -1.59. The summed E-state index contributed by atoms with van der Waals surface area (Å²) in [7, 11) is 0. The van der Waals surface area contributed by atoms with Crippen molar-refractivity contribution in [1.82, 2.24) is 15.1 Å². The van der Waals surface area contributed by atoms with E-state index >= 15 is 0 Å². The Balaban J connectivity index is 0.00000240. The van der Waals surface area contributed by atoms with Gasteiger partial charge in [0.25, 0.3) is 0 Å². The molecule has 2 atom stereocenters. The number of benzene rings is 1. The number of piperidine rings is 1.